The van der Waals surface area contributed by atoms with Crippen LogP contribution in [0.1, 0.15) is 0 Å². The molecule has 0 aromatic heterocycles. The standard InChI is InChI=1S/C8H9NO5S2.Na/c10-7-4-2-1-3-6(7)9-8(11)5-15-16(12,13)14;/h1-4,10H,5H2,(H,9,11)(H,12,13,14);/p-1. The molecule has 0 heterocycles. The Morgan fingerprint density at radius 2 is 2.00 bits per heavy atom. The number of anilines is 1. The first-order valence-electron chi connectivity index (χ1n) is 4.06. The number of para-hydroxylation sites is 2. The van der Waals surface area contributed by atoms with Crippen LogP contribution in [0, 0.1) is 0 Å². The number of carbonyl (C=O) groups excluding carboxylic acids is 1. The van der Waals surface area contributed by atoms with E-state index in [4.69, 9.17) is 0 Å². The first kappa shape index (κ1) is 16.8. The first-order valence-corrected chi connectivity index (χ1v) is 6.97. The summed E-state index contributed by atoms with van der Waals surface area (Å²) in [6.07, 6.45) is 0. The zero-order valence-electron chi connectivity index (χ0n) is 8.91. The van der Waals surface area contributed by atoms with E-state index >= 15 is 0 Å². The van der Waals surface area contributed by atoms with Gasteiger partial charge in [0.05, 0.1) is 11.4 Å². The van der Waals surface area contributed by atoms with E-state index in [1.807, 2.05) is 0 Å². The van der Waals surface area contributed by atoms with Gasteiger partial charge in [0.2, 0.25) is 5.91 Å². The van der Waals surface area contributed by atoms with Gasteiger partial charge >= 0.3 is 0 Å². The number of hydrogen-bond donors (Lipinski definition) is 2. The van der Waals surface area contributed by atoms with E-state index in [2.05, 4.69) is 5.32 Å². The number of phenolic OH excluding ortho intramolecular Hbond substituents is 1. The molecule has 0 unspecified atom stereocenters. The third-order valence-electron chi connectivity index (χ3n) is 1.51. The van der Waals surface area contributed by atoms with Crippen molar-refractivity contribution in [3.05, 3.63) is 24.3 Å². The third kappa shape index (κ3) is 6.92. The number of phenols is 1. The van der Waals surface area contributed by atoms with Gasteiger partial charge in [0.25, 0.3) is 0 Å². The molecule has 6 nitrogen and oxygen atoms in total. The fraction of sp³-hybridized carbons (Fsp3) is 0.125. The largest absolute Gasteiger partial charge is 0.739 e. The van der Waals surface area contributed by atoms with Crippen molar-refractivity contribution in [2.24, 2.45) is 0 Å². The van der Waals surface area contributed by atoms with E-state index in [0.717, 1.165) is 0 Å². The van der Waals surface area contributed by atoms with Crippen molar-refractivity contribution >= 4 is 61.1 Å². The average molecular weight is 285 g/mol. The molecule has 0 aliphatic rings. The molecule has 0 spiro atoms. The minimum atomic E-state index is -4.48. The number of hydrogen-bond acceptors (Lipinski definition) is 6. The maximum absolute atomic E-state index is 11.2. The molecule has 0 aliphatic heterocycles. The van der Waals surface area contributed by atoms with Gasteiger partial charge in [0, 0.05) is 29.6 Å². The minimum absolute atomic E-state index is 0. The number of amides is 1. The molecule has 1 aromatic rings. The van der Waals surface area contributed by atoms with Crippen LogP contribution in [0.4, 0.5) is 5.69 Å². The van der Waals surface area contributed by atoms with Crippen molar-refractivity contribution in [1.29, 1.82) is 0 Å². The number of nitrogens with one attached hydrogen (secondary N) is 1. The Morgan fingerprint density at radius 1 is 1.41 bits per heavy atom. The minimum Gasteiger partial charge on any atom is -0.739 e. The number of rotatable bonds is 4. The van der Waals surface area contributed by atoms with Gasteiger partial charge in [-0.15, -0.1) is 0 Å². The maximum atomic E-state index is 11.2. The SMILES string of the molecule is O=C(CSS(=O)(=O)[O-])Nc1ccccc1O.[Na]. The van der Waals surface area contributed by atoms with E-state index in [1.54, 1.807) is 12.1 Å². The van der Waals surface area contributed by atoms with Gasteiger partial charge in [-0.2, -0.15) is 0 Å². The second-order valence-corrected chi connectivity index (χ2v) is 6.01. The summed E-state index contributed by atoms with van der Waals surface area (Å²) in [5, 5.41) is 11.6. The average Bonchev–Trinajstić information content (AvgIpc) is 2.18. The van der Waals surface area contributed by atoms with Gasteiger partial charge in [0.15, 0.2) is 0 Å². The monoisotopic (exact) mass is 285 g/mol. The Hall–Kier alpha value is -0.250. The van der Waals surface area contributed by atoms with Crippen molar-refractivity contribution in [1.82, 2.24) is 0 Å². The van der Waals surface area contributed by atoms with Crippen molar-refractivity contribution < 1.29 is 22.9 Å². The summed E-state index contributed by atoms with van der Waals surface area (Å²) in [6.45, 7) is 0. The van der Waals surface area contributed by atoms with E-state index in [-0.39, 0.29) is 51.8 Å². The molecule has 0 aliphatic carbocycles. The smallest absolute Gasteiger partial charge is 0.235 e. The van der Waals surface area contributed by atoms with Crippen LogP contribution in [0.25, 0.3) is 0 Å². The van der Waals surface area contributed by atoms with E-state index in [0.29, 0.717) is 0 Å². The molecule has 0 atom stereocenters. The van der Waals surface area contributed by atoms with E-state index in [9.17, 15) is 22.9 Å². The van der Waals surface area contributed by atoms with Crippen LogP contribution in [0.5, 0.6) is 5.75 Å². The topological polar surface area (TPSA) is 107 Å². The summed E-state index contributed by atoms with van der Waals surface area (Å²) in [5.74, 6) is -1.32. The second-order valence-electron chi connectivity index (χ2n) is 2.74. The molecule has 0 bridgehead atoms. The molecular weight excluding hydrogens is 277 g/mol. The molecule has 1 rings (SSSR count). The van der Waals surface area contributed by atoms with Crippen LogP contribution in [0.15, 0.2) is 24.3 Å². The fourth-order valence-corrected chi connectivity index (χ4v) is 1.97. The zero-order valence-corrected chi connectivity index (χ0v) is 12.5. The van der Waals surface area contributed by atoms with Gasteiger partial charge in [-0.3, -0.25) is 4.79 Å². The molecule has 0 fully saturated rings. The van der Waals surface area contributed by atoms with Crippen molar-refractivity contribution in [2.45, 2.75) is 0 Å². The summed E-state index contributed by atoms with van der Waals surface area (Å²) in [4.78, 5) is 11.2. The molecule has 9 heteroatoms. The van der Waals surface area contributed by atoms with Crippen LogP contribution >= 0.6 is 10.8 Å². The molecule has 17 heavy (non-hydrogen) atoms. The van der Waals surface area contributed by atoms with Gasteiger partial charge < -0.3 is 15.0 Å². The predicted octanol–water partition coefficient (Wildman–Crippen LogP) is 0.143. The second kappa shape index (κ2) is 7.24. The number of aromatic hydroxyl groups is 1. The Balaban J connectivity index is 0.00000256. The van der Waals surface area contributed by atoms with Gasteiger partial charge in [-0.1, -0.05) is 12.1 Å². The van der Waals surface area contributed by atoms with Crippen LogP contribution in [-0.2, 0) is 13.9 Å². The summed E-state index contributed by atoms with van der Waals surface area (Å²) in [7, 11) is -4.49. The summed E-state index contributed by atoms with van der Waals surface area (Å²) >= 11 is 0. The van der Waals surface area contributed by atoms with Crippen LogP contribution in [0.2, 0.25) is 0 Å². The van der Waals surface area contributed by atoms with Crippen LogP contribution < -0.4 is 5.32 Å². The molecule has 1 radical (unpaired) electrons. The van der Waals surface area contributed by atoms with Crippen molar-refractivity contribution in [2.75, 3.05) is 11.1 Å². The Morgan fingerprint density at radius 3 is 2.53 bits per heavy atom. The van der Waals surface area contributed by atoms with Crippen molar-refractivity contribution in [3.8, 4) is 5.75 Å². The molecule has 0 saturated carbocycles. The Kier molecular flexibility index (Phi) is 7.14. The predicted molar refractivity (Wildman–Crippen MR) is 64.6 cm³/mol. The maximum Gasteiger partial charge on any atom is 0.235 e. The Bertz CT molecular complexity index is 490. The molecular formula is C8H8NNaO5S2-. The quantitative estimate of drug-likeness (QED) is 0.353. The summed E-state index contributed by atoms with van der Waals surface area (Å²) < 4.78 is 30.7. The van der Waals surface area contributed by atoms with Crippen LogP contribution in [-0.4, -0.2) is 59.3 Å². The van der Waals surface area contributed by atoms with E-state index in [1.165, 1.54) is 12.1 Å². The van der Waals surface area contributed by atoms with Crippen molar-refractivity contribution in [3.63, 3.8) is 0 Å². The number of benzene rings is 1. The van der Waals surface area contributed by atoms with Gasteiger partial charge in [-0.05, 0) is 22.9 Å². The van der Waals surface area contributed by atoms with Gasteiger partial charge in [0.1, 0.15) is 14.9 Å². The Labute approximate surface area is 124 Å². The summed E-state index contributed by atoms with van der Waals surface area (Å²) in [6, 6.07) is 5.98. The molecule has 0 saturated heterocycles. The normalized spacial score (nSPS) is 10.4. The number of carbonyl (C=O) groups is 1. The molecule has 2 N–H and O–H groups in total. The third-order valence-corrected chi connectivity index (χ3v) is 3.40. The summed E-state index contributed by atoms with van der Waals surface area (Å²) in [5.41, 5.74) is 0.163. The molecule has 1 amide bonds. The van der Waals surface area contributed by atoms with E-state index < -0.39 is 20.8 Å². The first-order chi connectivity index (χ1) is 7.38. The zero-order chi connectivity index (χ0) is 12.2. The molecule has 89 valence electrons. The van der Waals surface area contributed by atoms with Crippen LogP contribution in [0.3, 0.4) is 0 Å². The fourth-order valence-electron chi connectivity index (χ4n) is 0.891. The van der Waals surface area contributed by atoms with Gasteiger partial charge in [-0.25, -0.2) is 8.42 Å². The molecule has 1 aromatic carbocycles.